The Kier molecular flexibility index (Phi) is 6.61. The van der Waals surface area contributed by atoms with Crippen molar-refractivity contribution in [1.29, 1.82) is 0 Å². The number of hydrogen-bond acceptors (Lipinski definition) is 5. The molecule has 4 saturated carbocycles. The van der Waals surface area contributed by atoms with Gasteiger partial charge in [-0.1, -0.05) is 24.2 Å². The van der Waals surface area contributed by atoms with Gasteiger partial charge in [0.25, 0.3) is 0 Å². The summed E-state index contributed by atoms with van der Waals surface area (Å²) in [5, 5.41) is 9.12. The molecule has 0 N–H and O–H groups in total. The molecule has 182 valence electrons. The summed E-state index contributed by atoms with van der Waals surface area (Å²) in [5.74, 6) is 3.20. The lowest BCUT2D eigenvalue weighted by Gasteiger charge is -2.61. The van der Waals surface area contributed by atoms with Crippen LogP contribution in [0.5, 0.6) is 0 Å². The number of fused-ring (bicyclic) bond motifs is 5. The van der Waals surface area contributed by atoms with Crippen molar-refractivity contribution in [3.63, 3.8) is 0 Å². The average Bonchev–Trinajstić information content (AvgIpc) is 3.04. The molecule has 4 fully saturated rings. The lowest BCUT2D eigenvalue weighted by molar-refractivity contribution is -0.0791. The zero-order valence-electron chi connectivity index (χ0n) is 21.7. The third-order valence-electron chi connectivity index (χ3n) is 9.79. The minimum absolute atomic E-state index is 0.200. The zero-order valence-corrected chi connectivity index (χ0v) is 22.7. The topological polar surface area (TPSA) is 52.4 Å². The molecule has 4 rings (SSSR count). The van der Waals surface area contributed by atoms with Crippen molar-refractivity contribution in [2.75, 3.05) is 14.2 Å². The van der Waals surface area contributed by atoms with Gasteiger partial charge in [0.2, 0.25) is 0 Å². The summed E-state index contributed by atoms with van der Waals surface area (Å²) in [4.78, 5) is 10.7. The van der Waals surface area contributed by atoms with Gasteiger partial charge >= 0.3 is 0 Å². The van der Waals surface area contributed by atoms with Crippen LogP contribution in [-0.2, 0) is 14.1 Å². The number of nitrogens with zero attached hydrogens (tertiary/aromatic N) is 2. The molecule has 3 unspecified atom stereocenters. The van der Waals surface area contributed by atoms with Gasteiger partial charge in [0.15, 0.2) is 8.32 Å². The molecule has 0 spiro atoms. The van der Waals surface area contributed by atoms with Crippen LogP contribution in [0.15, 0.2) is 10.3 Å². The summed E-state index contributed by atoms with van der Waals surface area (Å²) in [6, 6.07) is 0. The fourth-order valence-corrected chi connectivity index (χ4v) is 9.99. The van der Waals surface area contributed by atoms with Crippen LogP contribution in [0.25, 0.3) is 0 Å². The van der Waals surface area contributed by atoms with Crippen molar-refractivity contribution < 1.29 is 14.1 Å². The van der Waals surface area contributed by atoms with E-state index in [4.69, 9.17) is 19.3 Å². The summed E-state index contributed by atoms with van der Waals surface area (Å²) in [7, 11) is 1.88. The zero-order chi connectivity index (χ0) is 23.3. The van der Waals surface area contributed by atoms with E-state index >= 15 is 0 Å². The molecule has 4 aliphatic rings. The summed E-state index contributed by atoms with van der Waals surface area (Å²) >= 11 is 0. The van der Waals surface area contributed by atoms with Gasteiger partial charge in [-0.2, -0.15) is 0 Å². The van der Waals surface area contributed by atoms with E-state index in [2.05, 4.69) is 45.6 Å². The molecule has 0 radical (unpaired) electrons. The molecule has 0 aromatic heterocycles. The normalized spacial score (nSPS) is 45.8. The van der Waals surface area contributed by atoms with Gasteiger partial charge in [0.05, 0.1) is 11.4 Å². The highest BCUT2D eigenvalue weighted by Crippen LogP contribution is 2.67. The van der Waals surface area contributed by atoms with Gasteiger partial charge in [-0.15, -0.1) is 0 Å². The Morgan fingerprint density at radius 3 is 2.38 bits per heavy atom. The smallest absolute Gasteiger partial charge is 0.184 e. The quantitative estimate of drug-likeness (QED) is 0.266. The highest BCUT2D eigenvalue weighted by molar-refractivity contribution is 6.69. The van der Waals surface area contributed by atoms with Crippen LogP contribution >= 0.6 is 0 Å². The average molecular weight is 463 g/mol. The minimum Gasteiger partial charge on any atom is -0.415 e. The fraction of sp³-hybridized carbons (Fsp3) is 0.923. The third kappa shape index (κ3) is 4.08. The van der Waals surface area contributed by atoms with Gasteiger partial charge in [0.1, 0.15) is 14.2 Å². The van der Waals surface area contributed by atoms with Gasteiger partial charge in [-0.3, -0.25) is 0 Å². The molecular weight excluding hydrogens is 416 g/mol. The standard InChI is InChI=1S/C26H46N2O3Si/c1-17(27-29-4)21-11-12-22-20-10-9-18-15-19(31-32(6,7)8)13-14-25(18,2)24(20)23(28-30-5)16-26(21,22)3/h18-22,24H,9-16H2,1-8H3/t18-,19+,20?,21-,22?,24?,25+,26-/m1/s1. The minimum atomic E-state index is -1.50. The van der Waals surface area contributed by atoms with Crippen LogP contribution in [0.2, 0.25) is 19.6 Å². The van der Waals surface area contributed by atoms with E-state index in [0.29, 0.717) is 29.3 Å². The van der Waals surface area contributed by atoms with Crippen molar-refractivity contribution in [3.8, 4) is 0 Å². The Balaban J connectivity index is 1.64. The van der Waals surface area contributed by atoms with E-state index in [-0.39, 0.29) is 5.41 Å². The SMILES string of the molecule is CON=C1C[C@@]2(C)C(CC[C@@H]2C(C)=NOC)C2CC[C@@H]3C[C@@H](O[Si](C)(C)C)CC[C@]3(C)C12. The second kappa shape index (κ2) is 8.72. The van der Waals surface area contributed by atoms with E-state index in [1.54, 1.807) is 14.2 Å². The third-order valence-corrected chi connectivity index (χ3v) is 10.8. The Hall–Kier alpha value is -0.883. The maximum Gasteiger partial charge on any atom is 0.184 e. The molecular formula is C26H46N2O3Si. The molecule has 0 saturated heterocycles. The summed E-state index contributed by atoms with van der Waals surface area (Å²) < 4.78 is 6.59. The Morgan fingerprint density at radius 2 is 1.72 bits per heavy atom. The fourth-order valence-electron chi connectivity index (χ4n) is 8.78. The Labute approximate surface area is 196 Å². The maximum atomic E-state index is 6.59. The maximum absolute atomic E-state index is 6.59. The van der Waals surface area contributed by atoms with Crippen molar-refractivity contribution in [2.24, 2.45) is 50.7 Å². The first-order valence-electron chi connectivity index (χ1n) is 12.9. The van der Waals surface area contributed by atoms with Crippen molar-refractivity contribution in [1.82, 2.24) is 0 Å². The molecule has 32 heavy (non-hydrogen) atoms. The number of hydrogen-bond donors (Lipinski definition) is 0. The van der Waals surface area contributed by atoms with Crippen LogP contribution in [0.3, 0.4) is 0 Å². The number of oxime groups is 2. The monoisotopic (exact) mass is 462 g/mol. The van der Waals surface area contributed by atoms with Gasteiger partial charge < -0.3 is 14.1 Å². The van der Waals surface area contributed by atoms with Gasteiger partial charge in [-0.25, -0.2) is 0 Å². The molecule has 8 atom stereocenters. The van der Waals surface area contributed by atoms with Crippen LogP contribution in [-0.4, -0.2) is 40.1 Å². The Bertz CT molecular complexity index is 763. The van der Waals surface area contributed by atoms with Crippen molar-refractivity contribution in [2.45, 2.75) is 97.9 Å². The van der Waals surface area contributed by atoms with E-state index < -0.39 is 8.32 Å². The lowest BCUT2D eigenvalue weighted by atomic mass is 9.44. The van der Waals surface area contributed by atoms with E-state index in [0.717, 1.165) is 24.0 Å². The molecule has 0 amide bonds. The summed E-state index contributed by atoms with van der Waals surface area (Å²) in [6.45, 7) is 14.2. The van der Waals surface area contributed by atoms with Gasteiger partial charge in [-0.05, 0) is 107 Å². The molecule has 0 heterocycles. The Morgan fingerprint density at radius 1 is 0.969 bits per heavy atom. The molecule has 0 aliphatic heterocycles. The second-order valence-electron chi connectivity index (χ2n) is 12.6. The van der Waals surface area contributed by atoms with E-state index in [1.807, 2.05) is 0 Å². The first-order valence-corrected chi connectivity index (χ1v) is 16.3. The first-order chi connectivity index (χ1) is 15.0. The van der Waals surface area contributed by atoms with E-state index in [1.165, 1.54) is 50.7 Å². The number of rotatable bonds is 5. The predicted molar refractivity (Wildman–Crippen MR) is 133 cm³/mol. The van der Waals surface area contributed by atoms with Crippen molar-refractivity contribution in [3.05, 3.63) is 0 Å². The predicted octanol–water partition coefficient (Wildman–Crippen LogP) is 6.50. The molecule has 0 aromatic rings. The van der Waals surface area contributed by atoms with Crippen LogP contribution in [0.4, 0.5) is 0 Å². The molecule has 6 heteroatoms. The van der Waals surface area contributed by atoms with Crippen molar-refractivity contribution >= 4 is 19.7 Å². The molecule has 0 bridgehead atoms. The summed E-state index contributed by atoms with van der Waals surface area (Å²) in [5.41, 5.74) is 2.99. The largest absolute Gasteiger partial charge is 0.415 e. The molecule has 4 aliphatic carbocycles. The lowest BCUT2D eigenvalue weighted by Crippen LogP contribution is -2.58. The molecule has 0 aromatic carbocycles. The first kappa shape index (κ1) is 24.2. The molecule has 5 nitrogen and oxygen atoms in total. The van der Waals surface area contributed by atoms with Crippen LogP contribution in [0.1, 0.15) is 72.1 Å². The highest BCUT2D eigenvalue weighted by Gasteiger charge is 2.63. The second-order valence-corrected chi connectivity index (χ2v) is 17.1. The van der Waals surface area contributed by atoms with E-state index in [9.17, 15) is 0 Å². The van der Waals surface area contributed by atoms with Crippen LogP contribution < -0.4 is 0 Å². The summed E-state index contributed by atoms with van der Waals surface area (Å²) in [6.07, 6.45) is 10.4. The highest BCUT2D eigenvalue weighted by atomic mass is 28.4. The van der Waals surface area contributed by atoms with Gasteiger partial charge in [0, 0.05) is 17.9 Å². The van der Waals surface area contributed by atoms with Crippen LogP contribution in [0, 0.1) is 40.4 Å².